The van der Waals surface area contributed by atoms with Crippen molar-refractivity contribution < 1.29 is 99.5 Å². The minimum Gasteiger partial charge on any atom is -0.571 e. The molecule has 4 aliphatic heterocycles. The molecule has 0 spiro atoms. The smallest absolute Gasteiger partial charge is 0.270 e. The molecule has 0 radical (unpaired) electrons. The average Bonchev–Trinajstić information content (AvgIpc) is 3.12. The van der Waals surface area contributed by atoms with Gasteiger partial charge in [-0.1, -0.05) is 0 Å². The zero-order valence-electron chi connectivity index (χ0n) is 28.0. The van der Waals surface area contributed by atoms with E-state index in [0.29, 0.717) is 0 Å². The SMILES string of the molecule is CC1OC(OCC2OC(OC3=Cc4c(OC5OC(C)C(O)C(O)C5O)cc(O)cc4[OH+]C3c3cc(O)c(O)c(O)c3)C(O)C(O)C2O)C(O)C(O)C1O. The van der Waals surface area contributed by atoms with Crippen LogP contribution >= 0.6 is 0 Å². The van der Waals surface area contributed by atoms with Gasteiger partial charge in [-0.15, -0.1) is 0 Å². The number of phenolic OH excluding ortho intramolecular Hbond substituents is 4. The molecule has 16 unspecified atom stereocenters. The summed E-state index contributed by atoms with van der Waals surface area (Å²) < 4.78 is 38.7. The molecule has 0 amide bonds. The van der Waals surface area contributed by atoms with Gasteiger partial charge in [0, 0.05) is 12.1 Å². The van der Waals surface area contributed by atoms with Crippen LogP contribution in [0.2, 0.25) is 0 Å². The van der Waals surface area contributed by atoms with Crippen LogP contribution in [0.3, 0.4) is 0 Å². The Kier molecular flexibility index (Phi) is 11.2. The van der Waals surface area contributed by atoms with Crippen LogP contribution in [-0.2, 0) is 23.7 Å². The van der Waals surface area contributed by atoms with Crippen LogP contribution in [0.4, 0.5) is 0 Å². The predicted molar refractivity (Wildman–Crippen MR) is 171 cm³/mol. The van der Waals surface area contributed by atoms with Crippen molar-refractivity contribution in [2.24, 2.45) is 0 Å². The lowest BCUT2D eigenvalue weighted by Crippen LogP contribution is -2.61. The second-order valence-electron chi connectivity index (χ2n) is 13.3. The predicted octanol–water partition coefficient (Wildman–Crippen LogP) is -3.28. The minimum absolute atomic E-state index is 0.00143. The van der Waals surface area contributed by atoms with Gasteiger partial charge in [0.1, 0.15) is 78.1 Å². The molecule has 3 saturated heterocycles. The third kappa shape index (κ3) is 7.51. The van der Waals surface area contributed by atoms with Crippen molar-refractivity contribution in [3.8, 4) is 34.5 Å². The van der Waals surface area contributed by atoms with E-state index in [4.69, 9.17) is 28.4 Å². The lowest BCUT2D eigenvalue weighted by molar-refractivity contribution is -0.325. The lowest BCUT2D eigenvalue weighted by atomic mass is 9.98. The number of ether oxygens (including phenoxy) is 7. The van der Waals surface area contributed by atoms with Crippen LogP contribution in [0.25, 0.3) is 6.08 Å². The first-order valence-electron chi connectivity index (χ1n) is 16.5. The fourth-order valence-electron chi connectivity index (χ4n) is 6.35. The topological polar surface area (TPSA) is 331 Å². The van der Waals surface area contributed by atoms with E-state index < -0.39 is 122 Å². The van der Waals surface area contributed by atoms with Gasteiger partial charge in [-0.05, 0) is 26.0 Å². The third-order valence-corrected chi connectivity index (χ3v) is 9.54. The van der Waals surface area contributed by atoms with Crippen LogP contribution in [0.15, 0.2) is 30.0 Å². The maximum absolute atomic E-state index is 11.0. The Hall–Kier alpha value is -3.74. The van der Waals surface area contributed by atoms with Gasteiger partial charge < -0.3 is 99.5 Å². The lowest BCUT2D eigenvalue weighted by Gasteiger charge is -2.42. The summed E-state index contributed by atoms with van der Waals surface area (Å²) in [7, 11) is 0. The number of hydrogen-bond acceptors (Lipinski definition) is 19. The second kappa shape index (κ2) is 15.2. The first-order valence-corrected chi connectivity index (χ1v) is 16.5. The number of hydrogen-bond donors (Lipinski definition) is 13. The van der Waals surface area contributed by atoms with Gasteiger partial charge in [0.25, 0.3) is 11.9 Å². The molecule has 4 heterocycles. The number of rotatable bonds is 8. The van der Waals surface area contributed by atoms with E-state index in [9.17, 15) is 66.4 Å². The van der Waals surface area contributed by atoms with Crippen molar-refractivity contribution >= 4 is 6.08 Å². The van der Waals surface area contributed by atoms with Gasteiger partial charge in [0.2, 0.25) is 12.6 Å². The number of aliphatic hydroxyl groups is 10. The average molecular weight is 760 g/mol. The van der Waals surface area contributed by atoms with Crippen LogP contribution in [0, 0.1) is 0 Å². The van der Waals surface area contributed by atoms with Gasteiger partial charge >= 0.3 is 0 Å². The quantitative estimate of drug-likeness (QED) is 0.0927. The molecule has 2 aromatic carbocycles. The van der Waals surface area contributed by atoms with E-state index in [1.807, 2.05) is 0 Å². The Morgan fingerprint density at radius 2 is 1.13 bits per heavy atom. The number of aromatic hydroxyl groups is 5. The largest absolute Gasteiger partial charge is 0.571 e. The summed E-state index contributed by atoms with van der Waals surface area (Å²) in [5.41, 5.74) is 0.0657. The molecular weight excluding hydrogens is 716 g/mol. The molecule has 0 saturated carbocycles. The molecule has 6 rings (SSSR count). The summed E-state index contributed by atoms with van der Waals surface area (Å²) in [4.78, 5) is 0. The molecule has 0 aliphatic carbocycles. The Bertz CT molecular complexity index is 1630. The van der Waals surface area contributed by atoms with Crippen molar-refractivity contribution in [1.29, 1.82) is 0 Å². The van der Waals surface area contributed by atoms with E-state index in [1.54, 1.807) is 0 Å². The second-order valence-corrected chi connectivity index (χ2v) is 13.3. The molecule has 2 aromatic rings. The van der Waals surface area contributed by atoms with Crippen molar-refractivity contribution in [1.82, 2.24) is 0 Å². The summed E-state index contributed by atoms with van der Waals surface area (Å²) in [6, 6.07) is 4.42. The standard InChI is InChI=1S/C33H42O20/c1-9-20(37)24(41)27(44)31(48-9)47-8-19-23(40)26(43)29(46)33(53-19)52-18-7-13-16(50-30(18)11-3-14(35)22(39)15(36)4-11)5-12(34)6-17(13)51-32-28(45)25(42)21(38)10(2)49-32/h3-7,9-10,19-21,23-46H,8H2,1-2H3/p+1. The van der Waals surface area contributed by atoms with E-state index in [1.165, 1.54) is 26.0 Å². The summed E-state index contributed by atoms with van der Waals surface area (Å²) in [6.07, 6.45) is -23.5. The molecule has 0 aromatic heterocycles. The highest BCUT2D eigenvalue weighted by Crippen LogP contribution is 2.48. The number of phenols is 4. The molecule has 3 fully saturated rings. The van der Waals surface area contributed by atoms with Crippen molar-refractivity contribution in [2.75, 3.05) is 6.61 Å². The van der Waals surface area contributed by atoms with Gasteiger partial charge in [0.05, 0.1) is 30.4 Å². The molecule has 0 bridgehead atoms. The van der Waals surface area contributed by atoms with E-state index in [2.05, 4.69) is 4.74 Å². The van der Waals surface area contributed by atoms with Crippen LogP contribution < -0.4 is 4.74 Å². The fourth-order valence-corrected chi connectivity index (χ4v) is 6.35. The molecule has 16 atom stereocenters. The van der Waals surface area contributed by atoms with Gasteiger partial charge in [-0.2, -0.15) is 0 Å². The Morgan fingerprint density at radius 3 is 1.74 bits per heavy atom. The Morgan fingerprint density at radius 1 is 0.604 bits per heavy atom. The van der Waals surface area contributed by atoms with Crippen LogP contribution in [-0.4, -0.2) is 170 Å². The van der Waals surface area contributed by atoms with Gasteiger partial charge in [-0.3, -0.25) is 0 Å². The number of benzene rings is 2. The third-order valence-electron chi connectivity index (χ3n) is 9.54. The van der Waals surface area contributed by atoms with E-state index in [0.717, 1.165) is 18.2 Å². The summed E-state index contributed by atoms with van der Waals surface area (Å²) in [5, 5.41) is 135. The first-order chi connectivity index (χ1) is 25.0. The van der Waals surface area contributed by atoms with E-state index >= 15 is 0 Å². The molecule has 14 N–H and O–H groups in total. The molecule has 20 heteroatoms. The zero-order chi connectivity index (χ0) is 38.6. The first kappa shape index (κ1) is 39.0. The van der Waals surface area contributed by atoms with Crippen molar-refractivity contribution in [3.05, 3.63) is 41.2 Å². The highest BCUT2D eigenvalue weighted by Gasteiger charge is 2.49. The Labute approximate surface area is 300 Å². The molecule has 294 valence electrons. The molecule has 20 nitrogen and oxygen atoms in total. The normalized spacial score (nSPS) is 40.1. The highest BCUT2D eigenvalue weighted by atomic mass is 16.7. The van der Waals surface area contributed by atoms with Gasteiger partial charge in [0.15, 0.2) is 29.3 Å². The molecule has 4 aliphatic rings. The summed E-state index contributed by atoms with van der Waals surface area (Å²) >= 11 is 0. The maximum atomic E-state index is 11.0. The number of aliphatic hydroxyl groups excluding tert-OH is 9. The highest BCUT2D eigenvalue weighted by molar-refractivity contribution is 5.70. The Balaban J connectivity index is 1.32. The van der Waals surface area contributed by atoms with Crippen LogP contribution in [0.1, 0.15) is 31.1 Å². The van der Waals surface area contributed by atoms with Gasteiger partial charge in [-0.25, -0.2) is 0 Å². The summed E-state index contributed by atoms with van der Waals surface area (Å²) in [5.74, 6) is -3.11. The number of fused-ring (bicyclic) bond motifs is 1. The van der Waals surface area contributed by atoms with Crippen molar-refractivity contribution in [3.63, 3.8) is 0 Å². The van der Waals surface area contributed by atoms with Crippen molar-refractivity contribution in [2.45, 2.75) is 112 Å². The molecular formula is C33H43O20+. The van der Waals surface area contributed by atoms with Crippen LogP contribution in [0.5, 0.6) is 34.5 Å². The maximum Gasteiger partial charge on any atom is 0.270 e. The fraction of sp³-hybridized carbons (Fsp3) is 0.576. The van der Waals surface area contributed by atoms with E-state index in [-0.39, 0.29) is 34.1 Å². The minimum atomic E-state index is -1.94. The molecule has 53 heavy (non-hydrogen) atoms. The summed E-state index contributed by atoms with van der Waals surface area (Å²) in [6.45, 7) is 2.25. The zero-order valence-corrected chi connectivity index (χ0v) is 28.0. The monoisotopic (exact) mass is 759 g/mol.